The third-order valence-corrected chi connectivity index (χ3v) is 5.13. The molecule has 1 saturated heterocycles. The van der Waals surface area contributed by atoms with Gasteiger partial charge in [-0.25, -0.2) is 9.97 Å². The molecule has 2 aromatic rings. The van der Waals surface area contributed by atoms with E-state index in [4.69, 9.17) is 16.6 Å². The van der Waals surface area contributed by atoms with Crippen molar-refractivity contribution in [2.75, 3.05) is 11.5 Å². The first-order valence-electron chi connectivity index (χ1n) is 7.19. The number of aromatic nitrogens is 3. The van der Waals surface area contributed by atoms with Crippen molar-refractivity contribution in [1.82, 2.24) is 14.5 Å². The number of pyridine rings is 1. The number of hydrogen-bond donors (Lipinski definition) is 0. The highest BCUT2D eigenvalue weighted by atomic mass is 35.5. The fraction of sp³-hybridized carbons (Fsp3) is 0.600. The van der Waals surface area contributed by atoms with E-state index in [1.165, 1.54) is 24.3 Å². The minimum atomic E-state index is -0.0810. The van der Waals surface area contributed by atoms with Gasteiger partial charge < -0.3 is 4.57 Å². The number of fused-ring (bicyclic) bond motifs is 1. The standard InChI is InChI=1S/C15H20ClN3S/c1-10-7-13-15(17-8-10)19(14(18-13)11(2)16)9-12-3-5-20-6-4-12/h7-8,11-12H,3-6,9H2,1-2H3. The van der Waals surface area contributed by atoms with Crippen LogP contribution in [0, 0.1) is 12.8 Å². The van der Waals surface area contributed by atoms with Gasteiger partial charge in [-0.15, -0.1) is 11.6 Å². The maximum atomic E-state index is 6.32. The van der Waals surface area contributed by atoms with Crippen LogP contribution in [0.2, 0.25) is 0 Å². The van der Waals surface area contributed by atoms with Gasteiger partial charge in [-0.3, -0.25) is 0 Å². The van der Waals surface area contributed by atoms with Crippen molar-refractivity contribution in [3.8, 4) is 0 Å². The lowest BCUT2D eigenvalue weighted by molar-refractivity contribution is 0.414. The van der Waals surface area contributed by atoms with Crippen LogP contribution in [0.15, 0.2) is 12.3 Å². The van der Waals surface area contributed by atoms with Crippen molar-refractivity contribution >= 4 is 34.5 Å². The average molecular weight is 310 g/mol. The van der Waals surface area contributed by atoms with Gasteiger partial charge in [0.2, 0.25) is 0 Å². The van der Waals surface area contributed by atoms with Crippen molar-refractivity contribution < 1.29 is 0 Å². The van der Waals surface area contributed by atoms with Crippen LogP contribution in [-0.4, -0.2) is 26.0 Å². The number of thioether (sulfide) groups is 1. The Kier molecular flexibility index (Phi) is 4.22. The summed E-state index contributed by atoms with van der Waals surface area (Å²) in [6, 6.07) is 2.10. The van der Waals surface area contributed by atoms with E-state index >= 15 is 0 Å². The molecule has 108 valence electrons. The molecule has 1 aliphatic heterocycles. The van der Waals surface area contributed by atoms with Gasteiger partial charge in [0, 0.05) is 12.7 Å². The molecule has 5 heteroatoms. The summed E-state index contributed by atoms with van der Waals surface area (Å²) in [4.78, 5) is 9.29. The van der Waals surface area contributed by atoms with E-state index in [1.807, 2.05) is 20.0 Å². The molecule has 0 saturated carbocycles. The number of halogens is 1. The third kappa shape index (κ3) is 2.82. The molecule has 0 spiro atoms. The van der Waals surface area contributed by atoms with Crippen LogP contribution < -0.4 is 0 Å². The van der Waals surface area contributed by atoms with Gasteiger partial charge in [0.25, 0.3) is 0 Å². The second-order valence-corrected chi connectivity index (χ2v) is 7.49. The van der Waals surface area contributed by atoms with Gasteiger partial charge in [0.15, 0.2) is 5.65 Å². The van der Waals surface area contributed by atoms with Gasteiger partial charge in [-0.05, 0) is 55.7 Å². The Morgan fingerprint density at radius 2 is 2.20 bits per heavy atom. The zero-order valence-electron chi connectivity index (χ0n) is 12.0. The molecule has 3 rings (SSSR count). The number of imidazole rings is 1. The van der Waals surface area contributed by atoms with Crippen LogP contribution in [-0.2, 0) is 6.54 Å². The maximum Gasteiger partial charge on any atom is 0.160 e. The predicted octanol–water partition coefficient (Wildman–Crippen LogP) is 4.18. The molecule has 1 unspecified atom stereocenters. The Bertz CT molecular complexity index is 602. The molecule has 0 radical (unpaired) electrons. The summed E-state index contributed by atoms with van der Waals surface area (Å²) in [5.74, 6) is 4.23. The van der Waals surface area contributed by atoms with Crippen molar-refractivity contribution in [3.05, 3.63) is 23.7 Å². The molecule has 0 aliphatic carbocycles. The smallest absolute Gasteiger partial charge is 0.160 e. The molecule has 1 fully saturated rings. The molecule has 0 aromatic carbocycles. The Labute approximate surface area is 129 Å². The molecular weight excluding hydrogens is 290 g/mol. The maximum absolute atomic E-state index is 6.32. The normalized spacial score (nSPS) is 18.6. The van der Waals surface area contributed by atoms with Crippen molar-refractivity contribution in [2.24, 2.45) is 5.92 Å². The van der Waals surface area contributed by atoms with Gasteiger partial charge in [-0.2, -0.15) is 11.8 Å². The number of aryl methyl sites for hydroxylation is 1. The van der Waals surface area contributed by atoms with E-state index in [0.717, 1.165) is 35.0 Å². The molecule has 2 aromatic heterocycles. The number of hydrogen-bond acceptors (Lipinski definition) is 3. The molecule has 0 bridgehead atoms. The number of alkyl halides is 1. The zero-order valence-corrected chi connectivity index (χ0v) is 13.5. The minimum Gasteiger partial charge on any atom is -0.311 e. The molecule has 1 atom stereocenters. The second kappa shape index (κ2) is 5.94. The largest absolute Gasteiger partial charge is 0.311 e. The van der Waals surface area contributed by atoms with E-state index in [-0.39, 0.29) is 5.38 Å². The first-order valence-corrected chi connectivity index (χ1v) is 8.79. The first-order chi connectivity index (χ1) is 9.65. The Balaban J connectivity index is 1.99. The van der Waals surface area contributed by atoms with Crippen LogP contribution in [0.3, 0.4) is 0 Å². The van der Waals surface area contributed by atoms with E-state index in [2.05, 4.69) is 27.4 Å². The zero-order chi connectivity index (χ0) is 14.1. The number of nitrogens with zero attached hydrogens (tertiary/aromatic N) is 3. The SMILES string of the molecule is Cc1cnc2c(c1)nc(C(C)Cl)n2CC1CCSCC1. The van der Waals surface area contributed by atoms with Crippen LogP contribution in [0.5, 0.6) is 0 Å². The first kappa shape index (κ1) is 14.2. The highest BCUT2D eigenvalue weighted by Crippen LogP contribution is 2.29. The summed E-state index contributed by atoms with van der Waals surface area (Å²) in [5, 5.41) is -0.0810. The van der Waals surface area contributed by atoms with E-state index in [1.54, 1.807) is 0 Å². The second-order valence-electron chi connectivity index (χ2n) is 5.61. The average Bonchev–Trinajstić information content (AvgIpc) is 2.78. The van der Waals surface area contributed by atoms with E-state index in [9.17, 15) is 0 Å². The van der Waals surface area contributed by atoms with Crippen molar-refractivity contribution in [2.45, 2.75) is 38.6 Å². The molecule has 3 nitrogen and oxygen atoms in total. The molecule has 20 heavy (non-hydrogen) atoms. The molecule has 1 aliphatic rings. The van der Waals surface area contributed by atoms with Crippen molar-refractivity contribution in [3.63, 3.8) is 0 Å². The summed E-state index contributed by atoms with van der Waals surface area (Å²) in [6.07, 6.45) is 4.48. The monoisotopic (exact) mass is 309 g/mol. The highest BCUT2D eigenvalue weighted by molar-refractivity contribution is 7.99. The minimum absolute atomic E-state index is 0.0810. The lowest BCUT2D eigenvalue weighted by Crippen LogP contribution is -2.18. The summed E-state index contributed by atoms with van der Waals surface area (Å²) in [5.41, 5.74) is 3.10. The number of rotatable bonds is 3. The summed E-state index contributed by atoms with van der Waals surface area (Å²) in [6.45, 7) is 5.04. The van der Waals surface area contributed by atoms with E-state index in [0.29, 0.717) is 0 Å². The fourth-order valence-corrected chi connectivity index (χ4v) is 4.17. The van der Waals surface area contributed by atoms with Crippen LogP contribution in [0.1, 0.15) is 36.5 Å². The molecule has 0 amide bonds. The Morgan fingerprint density at radius 3 is 2.90 bits per heavy atom. The Hall–Kier alpha value is -0.740. The van der Waals surface area contributed by atoms with Gasteiger partial charge in [-0.1, -0.05) is 0 Å². The van der Waals surface area contributed by atoms with Crippen molar-refractivity contribution in [1.29, 1.82) is 0 Å². The van der Waals surface area contributed by atoms with Crippen LogP contribution in [0.4, 0.5) is 0 Å². The quantitative estimate of drug-likeness (QED) is 0.797. The van der Waals surface area contributed by atoms with E-state index < -0.39 is 0 Å². The predicted molar refractivity (Wildman–Crippen MR) is 86.6 cm³/mol. The molecular formula is C15H20ClN3S. The topological polar surface area (TPSA) is 30.7 Å². The molecule has 3 heterocycles. The summed E-state index contributed by atoms with van der Waals surface area (Å²) < 4.78 is 2.24. The summed E-state index contributed by atoms with van der Waals surface area (Å²) in [7, 11) is 0. The highest BCUT2D eigenvalue weighted by Gasteiger charge is 2.20. The fourth-order valence-electron chi connectivity index (χ4n) is 2.80. The van der Waals surface area contributed by atoms with Crippen LogP contribution in [0.25, 0.3) is 11.2 Å². The van der Waals surface area contributed by atoms with Gasteiger partial charge >= 0.3 is 0 Å². The summed E-state index contributed by atoms with van der Waals surface area (Å²) >= 11 is 8.38. The van der Waals surface area contributed by atoms with Gasteiger partial charge in [0.05, 0.1) is 5.38 Å². The van der Waals surface area contributed by atoms with Gasteiger partial charge in [0.1, 0.15) is 11.3 Å². The third-order valence-electron chi connectivity index (χ3n) is 3.89. The molecule has 0 N–H and O–H groups in total. The Morgan fingerprint density at radius 1 is 1.45 bits per heavy atom. The lowest BCUT2D eigenvalue weighted by atomic mass is 10.0. The lowest BCUT2D eigenvalue weighted by Gasteiger charge is -2.23. The van der Waals surface area contributed by atoms with Crippen LogP contribution >= 0.6 is 23.4 Å².